The summed E-state index contributed by atoms with van der Waals surface area (Å²) in [4.78, 5) is 43.1. The van der Waals surface area contributed by atoms with Crippen LogP contribution in [0.15, 0.2) is 63.2 Å². The second kappa shape index (κ2) is 10.6. The molecule has 5 nitrogen and oxygen atoms in total. The van der Waals surface area contributed by atoms with E-state index >= 15 is 0 Å². The van der Waals surface area contributed by atoms with Gasteiger partial charge in [-0.3, -0.25) is 19.3 Å². The summed E-state index contributed by atoms with van der Waals surface area (Å²) in [5, 5.41) is 0.311. The summed E-state index contributed by atoms with van der Waals surface area (Å²) < 4.78 is 0. The fourth-order valence-electron chi connectivity index (χ4n) is 3.61. The molecule has 0 atom stereocenters. The molecule has 2 aromatic carbocycles. The number of thioether (sulfide) groups is 1. The molecule has 2 heterocycles. The standard InChI is InChI=1S/C24H23ClN2O3S2/c25-18-7-11-20(12-8-18)31-19-9-5-17(6-10-19)15-21-23(29)27(24(30)32-21)16-22(28)26-13-3-1-2-4-14-26/h5-12,15H,1-4,13-14,16H2. The molecule has 166 valence electrons. The highest BCUT2D eigenvalue weighted by molar-refractivity contribution is 8.18. The third-order valence-corrected chi connectivity index (χ3v) is 7.53. The van der Waals surface area contributed by atoms with E-state index in [1.54, 1.807) is 22.7 Å². The predicted molar refractivity (Wildman–Crippen MR) is 130 cm³/mol. The van der Waals surface area contributed by atoms with Crippen LogP contribution in [-0.4, -0.2) is 46.5 Å². The Morgan fingerprint density at radius 3 is 2.16 bits per heavy atom. The number of carbonyl (C=O) groups excluding carboxylic acids is 3. The Kier molecular flexibility index (Phi) is 7.60. The van der Waals surface area contributed by atoms with Crippen LogP contribution in [0.25, 0.3) is 6.08 Å². The van der Waals surface area contributed by atoms with Crippen molar-refractivity contribution in [1.29, 1.82) is 0 Å². The zero-order chi connectivity index (χ0) is 22.5. The van der Waals surface area contributed by atoms with E-state index in [9.17, 15) is 14.4 Å². The smallest absolute Gasteiger partial charge is 0.294 e. The lowest BCUT2D eigenvalue weighted by Crippen LogP contribution is -2.42. The summed E-state index contributed by atoms with van der Waals surface area (Å²) in [5.74, 6) is -0.554. The van der Waals surface area contributed by atoms with Gasteiger partial charge in [-0.1, -0.05) is 48.3 Å². The maximum Gasteiger partial charge on any atom is 0.294 e. The van der Waals surface area contributed by atoms with E-state index in [1.807, 2.05) is 48.5 Å². The molecule has 0 unspecified atom stereocenters. The second-order valence-electron chi connectivity index (χ2n) is 7.69. The van der Waals surface area contributed by atoms with Crippen molar-refractivity contribution >= 4 is 58.3 Å². The van der Waals surface area contributed by atoms with Gasteiger partial charge in [0.1, 0.15) is 6.54 Å². The summed E-state index contributed by atoms with van der Waals surface area (Å²) in [6.45, 7) is 1.22. The molecule has 0 radical (unpaired) electrons. The molecule has 2 aliphatic rings. The van der Waals surface area contributed by atoms with Gasteiger partial charge >= 0.3 is 0 Å². The largest absolute Gasteiger partial charge is 0.341 e. The Hall–Kier alpha value is -2.22. The van der Waals surface area contributed by atoms with E-state index < -0.39 is 5.91 Å². The Balaban J connectivity index is 1.39. The number of imide groups is 1. The summed E-state index contributed by atoms with van der Waals surface area (Å²) in [7, 11) is 0. The van der Waals surface area contributed by atoms with Crippen LogP contribution >= 0.6 is 35.1 Å². The highest BCUT2D eigenvalue weighted by Crippen LogP contribution is 2.33. The van der Waals surface area contributed by atoms with E-state index in [2.05, 4.69) is 0 Å². The highest BCUT2D eigenvalue weighted by atomic mass is 35.5. The van der Waals surface area contributed by atoms with Crippen LogP contribution in [0.3, 0.4) is 0 Å². The van der Waals surface area contributed by atoms with Gasteiger partial charge in [-0.05, 0) is 72.6 Å². The number of hydrogen-bond acceptors (Lipinski definition) is 5. The zero-order valence-electron chi connectivity index (χ0n) is 17.5. The van der Waals surface area contributed by atoms with Crippen LogP contribution < -0.4 is 0 Å². The van der Waals surface area contributed by atoms with Crippen molar-refractivity contribution in [3.05, 3.63) is 64.0 Å². The van der Waals surface area contributed by atoms with Crippen molar-refractivity contribution in [3.8, 4) is 0 Å². The van der Waals surface area contributed by atoms with E-state index in [0.29, 0.717) is 23.0 Å². The summed E-state index contributed by atoms with van der Waals surface area (Å²) in [6, 6.07) is 15.4. The molecule has 2 aromatic rings. The fraction of sp³-hybridized carbons (Fsp3) is 0.292. The maximum atomic E-state index is 12.8. The summed E-state index contributed by atoms with van der Waals surface area (Å²) in [6.07, 6.45) is 5.88. The van der Waals surface area contributed by atoms with Crippen molar-refractivity contribution in [3.63, 3.8) is 0 Å². The molecule has 0 spiro atoms. The molecular formula is C24H23ClN2O3S2. The molecule has 0 saturated carbocycles. The SMILES string of the molecule is O=C(CN1C(=O)SC(=Cc2ccc(Sc3ccc(Cl)cc3)cc2)C1=O)N1CCCCCC1. The van der Waals surface area contributed by atoms with Crippen molar-refractivity contribution in [2.24, 2.45) is 0 Å². The normalized spacial score (nSPS) is 18.3. The number of hydrogen-bond donors (Lipinski definition) is 0. The third kappa shape index (κ3) is 5.77. The first-order chi connectivity index (χ1) is 15.5. The topological polar surface area (TPSA) is 57.7 Å². The molecule has 0 N–H and O–H groups in total. The highest BCUT2D eigenvalue weighted by Gasteiger charge is 2.37. The first kappa shape index (κ1) is 23.0. The lowest BCUT2D eigenvalue weighted by atomic mass is 10.2. The lowest BCUT2D eigenvalue weighted by molar-refractivity contribution is -0.135. The minimum atomic E-state index is -0.400. The third-order valence-electron chi connectivity index (χ3n) is 5.35. The van der Waals surface area contributed by atoms with Crippen molar-refractivity contribution < 1.29 is 14.4 Å². The fourth-order valence-corrected chi connectivity index (χ4v) is 5.39. The average molecular weight is 487 g/mol. The average Bonchev–Trinajstić information content (AvgIpc) is 2.98. The molecule has 0 bridgehead atoms. The molecular weight excluding hydrogens is 464 g/mol. The maximum absolute atomic E-state index is 12.8. The first-order valence-corrected chi connectivity index (χ1v) is 12.6. The molecule has 4 rings (SSSR count). The molecule has 0 aromatic heterocycles. The van der Waals surface area contributed by atoms with Gasteiger partial charge in [0.25, 0.3) is 11.1 Å². The van der Waals surface area contributed by atoms with Crippen LogP contribution in [0.5, 0.6) is 0 Å². The number of carbonyl (C=O) groups is 3. The van der Waals surface area contributed by atoms with Gasteiger partial charge < -0.3 is 4.90 Å². The Morgan fingerprint density at radius 2 is 1.53 bits per heavy atom. The number of likely N-dealkylation sites (tertiary alicyclic amines) is 1. The molecule has 8 heteroatoms. The lowest BCUT2D eigenvalue weighted by Gasteiger charge is -2.22. The van der Waals surface area contributed by atoms with Gasteiger partial charge in [0, 0.05) is 27.9 Å². The number of amides is 3. The number of benzene rings is 2. The van der Waals surface area contributed by atoms with Gasteiger partial charge in [-0.2, -0.15) is 0 Å². The van der Waals surface area contributed by atoms with Crippen LogP contribution in [0.1, 0.15) is 31.2 Å². The van der Waals surface area contributed by atoms with E-state index in [4.69, 9.17) is 11.6 Å². The molecule has 3 amide bonds. The molecule has 32 heavy (non-hydrogen) atoms. The van der Waals surface area contributed by atoms with Gasteiger partial charge in [-0.15, -0.1) is 0 Å². The van der Waals surface area contributed by atoms with Gasteiger partial charge in [0.15, 0.2) is 0 Å². The minimum Gasteiger partial charge on any atom is -0.341 e. The molecule has 0 aliphatic carbocycles. The summed E-state index contributed by atoms with van der Waals surface area (Å²) >= 11 is 8.43. The Bertz CT molecular complexity index is 1030. The van der Waals surface area contributed by atoms with E-state index in [1.165, 1.54) is 0 Å². The Labute approximate surface area is 201 Å². The monoisotopic (exact) mass is 486 g/mol. The van der Waals surface area contributed by atoms with Crippen LogP contribution in [0.2, 0.25) is 5.02 Å². The number of halogens is 1. The zero-order valence-corrected chi connectivity index (χ0v) is 19.8. The van der Waals surface area contributed by atoms with Crippen LogP contribution in [-0.2, 0) is 9.59 Å². The molecule has 2 aliphatic heterocycles. The van der Waals surface area contributed by atoms with Gasteiger partial charge in [0.2, 0.25) is 5.91 Å². The quantitative estimate of drug-likeness (QED) is 0.490. The van der Waals surface area contributed by atoms with Crippen LogP contribution in [0.4, 0.5) is 4.79 Å². The number of rotatable bonds is 5. The molecule has 2 saturated heterocycles. The van der Waals surface area contributed by atoms with Crippen molar-refractivity contribution in [2.45, 2.75) is 35.5 Å². The van der Waals surface area contributed by atoms with Crippen LogP contribution in [0, 0.1) is 0 Å². The van der Waals surface area contributed by atoms with E-state index in [0.717, 1.165) is 57.7 Å². The van der Waals surface area contributed by atoms with E-state index in [-0.39, 0.29) is 17.7 Å². The number of nitrogens with zero attached hydrogens (tertiary/aromatic N) is 2. The van der Waals surface area contributed by atoms with Gasteiger partial charge in [-0.25, -0.2) is 0 Å². The van der Waals surface area contributed by atoms with Crippen molar-refractivity contribution in [2.75, 3.05) is 19.6 Å². The minimum absolute atomic E-state index is 0.154. The predicted octanol–water partition coefficient (Wildman–Crippen LogP) is 5.93. The first-order valence-electron chi connectivity index (χ1n) is 10.6. The summed E-state index contributed by atoms with van der Waals surface area (Å²) in [5.41, 5.74) is 0.829. The Morgan fingerprint density at radius 1 is 0.938 bits per heavy atom. The van der Waals surface area contributed by atoms with Gasteiger partial charge in [0.05, 0.1) is 4.91 Å². The second-order valence-corrected chi connectivity index (χ2v) is 10.3. The van der Waals surface area contributed by atoms with Crippen molar-refractivity contribution in [1.82, 2.24) is 9.80 Å². The molecule has 2 fully saturated rings.